The number of hydrogen-bond acceptors (Lipinski definition) is 4. The Morgan fingerprint density at radius 3 is 2.60 bits per heavy atom. The lowest BCUT2D eigenvalue weighted by Gasteiger charge is -2.30. The van der Waals surface area contributed by atoms with Gasteiger partial charge in [-0.15, -0.1) is 0 Å². The Balaban J connectivity index is 2.34. The predicted octanol–water partition coefficient (Wildman–Crippen LogP) is 1.16. The van der Waals surface area contributed by atoms with E-state index in [2.05, 4.69) is 5.43 Å². The molecule has 0 radical (unpaired) electrons. The van der Waals surface area contributed by atoms with Crippen LogP contribution in [0.2, 0.25) is 0 Å². The smallest absolute Gasteiger partial charge is 0.274 e. The summed E-state index contributed by atoms with van der Waals surface area (Å²) in [5.41, 5.74) is 1.16. The number of alkyl halides is 3. The van der Waals surface area contributed by atoms with Crippen LogP contribution < -0.4 is 15.8 Å². The first-order chi connectivity index (χ1) is 9.32. The molecule has 0 saturated carbocycles. The molecule has 1 atom stereocenters. The second-order valence-corrected chi connectivity index (χ2v) is 3.87. The van der Waals surface area contributed by atoms with Crippen molar-refractivity contribution in [1.82, 2.24) is 10.7 Å². The van der Waals surface area contributed by atoms with Gasteiger partial charge in [-0.25, -0.2) is 9.80 Å². The van der Waals surface area contributed by atoms with Gasteiger partial charge in [0.25, 0.3) is 5.91 Å². The zero-order valence-corrected chi connectivity index (χ0v) is 9.73. The highest BCUT2D eigenvalue weighted by atomic mass is 19.4. The van der Waals surface area contributed by atoms with Gasteiger partial charge in [0, 0.05) is 0 Å². The molecule has 0 bridgehead atoms. The first kappa shape index (κ1) is 13.8. The van der Waals surface area contributed by atoms with E-state index >= 15 is 0 Å². The largest absolute Gasteiger partial charge is 0.416 e. The standard InChI is InChI=1S/C11H7F3N4O2/c12-11(13,14)6-2-1-3-7(4-6)18-10(20)16-9(19)8(5-15)17-18/h1-4,8,17H,(H,16,19,20). The number of amides is 3. The number of urea groups is 1. The molecule has 1 aromatic rings. The van der Waals surface area contributed by atoms with E-state index < -0.39 is 29.7 Å². The van der Waals surface area contributed by atoms with Gasteiger partial charge >= 0.3 is 12.2 Å². The zero-order valence-electron chi connectivity index (χ0n) is 9.73. The number of nitriles is 1. The number of carbonyl (C=O) groups excluding carboxylic acids is 2. The minimum atomic E-state index is -4.56. The lowest BCUT2D eigenvalue weighted by Crippen LogP contribution is -2.64. The molecule has 1 aliphatic rings. The third-order valence-corrected chi connectivity index (χ3v) is 2.51. The van der Waals surface area contributed by atoms with Crippen molar-refractivity contribution in [1.29, 1.82) is 5.26 Å². The number of imide groups is 1. The van der Waals surface area contributed by atoms with Gasteiger partial charge in [-0.1, -0.05) is 6.07 Å². The van der Waals surface area contributed by atoms with Gasteiger partial charge in [0.05, 0.1) is 17.3 Å². The van der Waals surface area contributed by atoms with Crippen molar-refractivity contribution in [3.63, 3.8) is 0 Å². The average Bonchev–Trinajstić information content (AvgIpc) is 2.38. The van der Waals surface area contributed by atoms with Crippen molar-refractivity contribution in [2.45, 2.75) is 12.2 Å². The fourth-order valence-corrected chi connectivity index (χ4v) is 1.58. The molecular weight excluding hydrogens is 277 g/mol. The monoisotopic (exact) mass is 284 g/mol. The van der Waals surface area contributed by atoms with Crippen LogP contribution in [-0.4, -0.2) is 18.0 Å². The molecule has 1 unspecified atom stereocenters. The molecule has 6 nitrogen and oxygen atoms in total. The average molecular weight is 284 g/mol. The second kappa shape index (κ2) is 4.82. The Kier molecular flexibility index (Phi) is 3.33. The van der Waals surface area contributed by atoms with E-state index in [4.69, 9.17) is 5.26 Å². The molecule has 20 heavy (non-hydrogen) atoms. The number of benzene rings is 1. The molecule has 1 saturated heterocycles. The van der Waals surface area contributed by atoms with Crippen LogP contribution in [0.15, 0.2) is 24.3 Å². The van der Waals surface area contributed by atoms with Gasteiger partial charge in [-0.2, -0.15) is 23.9 Å². The number of carbonyl (C=O) groups is 2. The van der Waals surface area contributed by atoms with E-state index in [9.17, 15) is 22.8 Å². The number of anilines is 1. The Labute approximate surface area is 110 Å². The Morgan fingerprint density at radius 2 is 2.00 bits per heavy atom. The predicted molar refractivity (Wildman–Crippen MR) is 60.0 cm³/mol. The third kappa shape index (κ3) is 2.55. The number of halogens is 3. The normalized spacial score (nSPS) is 19.5. The van der Waals surface area contributed by atoms with Gasteiger partial charge in [-0.3, -0.25) is 10.1 Å². The van der Waals surface area contributed by atoms with Crippen molar-refractivity contribution in [2.75, 3.05) is 5.01 Å². The maximum absolute atomic E-state index is 12.6. The van der Waals surface area contributed by atoms with E-state index in [-0.39, 0.29) is 5.69 Å². The van der Waals surface area contributed by atoms with Gasteiger partial charge in [-0.05, 0) is 18.2 Å². The number of hydrogen-bond donors (Lipinski definition) is 2. The van der Waals surface area contributed by atoms with Crippen LogP contribution in [0.4, 0.5) is 23.7 Å². The summed E-state index contributed by atoms with van der Waals surface area (Å²) in [4.78, 5) is 22.8. The number of rotatable bonds is 1. The Hall–Kier alpha value is -2.60. The summed E-state index contributed by atoms with van der Waals surface area (Å²) < 4.78 is 37.8. The topological polar surface area (TPSA) is 85.2 Å². The fourth-order valence-electron chi connectivity index (χ4n) is 1.58. The lowest BCUT2D eigenvalue weighted by molar-refractivity contribution is -0.137. The number of nitrogens with zero attached hydrogens (tertiary/aromatic N) is 2. The zero-order chi connectivity index (χ0) is 14.9. The molecule has 0 aromatic heterocycles. The van der Waals surface area contributed by atoms with Gasteiger partial charge < -0.3 is 0 Å². The quantitative estimate of drug-likeness (QED) is 0.810. The van der Waals surface area contributed by atoms with Gasteiger partial charge in [0.2, 0.25) is 0 Å². The minimum absolute atomic E-state index is 0.134. The molecule has 1 aromatic carbocycles. The Morgan fingerprint density at radius 1 is 1.30 bits per heavy atom. The van der Waals surface area contributed by atoms with Crippen molar-refractivity contribution < 1.29 is 22.8 Å². The lowest BCUT2D eigenvalue weighted by atomic mass is 10.2. The van der Waals surface area contributed by atoms with Crippen molar-refractivity contribution in [2.24, 2.45) is 0 Å². The van der Waals surface area contributed by atoms with E-state index in [0.29, 0.717) is 5.01 Å². The molecule has 2 N–H and O–H groups in total. The van der Waals surface area contributed by atoms with Crippen LogP contribution in [0.1, 0.15) is 5.56 Å². The van der Waals surface area contributed by atoms with E-state index in [1.807, 2.05) is 5.32 Å². The fraction of sp³-hybridized carbons (Fsp3) is 0.182. The summed E-state index contributed by atoms with van der Waals surface area (Å²) in [7, 11) is 0. The van der Waals surface area contributed by atoms with Crippen molar-refractivity contribution in [3.8, 4) is 6.07 Å². The number of hydrazine groups is 1. The van der Waals surface area contributed by atoms with Crippen LogP contribution in [-0.2, 0) is 11.0 Å². The molecule has 1 heterocycles. The summed E-state index contributed by atoms with van der Waals surface area (Å²) in [6.07, 6.45) is -4.56. The van der Waals surface area contributed by atoms with E-state index in [1.165, 1.54) is 6.07 Å². The van der Waals surface area contributed by atoms with E-state index in [0.717, 1.165) is 18.2 Å². The summed E-state index contributed by atoms with van der Waals surface area (Å²) >= 11 is 0. The van der Waals surface area contributed by atoms with Crippen LogP contribution in [0.25, 0.3) is 0 Å². The summed E-state index contributed by atoms with van der Waals surface area (Å²) in [5, 5.41) is 11.3. The molecule has 2 rings (SSSR count). The minimum Gasteiger partial charge on any atom is -0.274 e. The second-order valence-electron chi connectivity index (χ2n) is 3.87. The summed E-state index contributed by atoms with van der Waals surface area (Å²) in [5.74, 6) is -0.860. The molecule has 3 amide bonds. The molecule has 1 aliphatic heterocycles. The number of nitrogens with one attached hydrogen (secondary N) is 2. The highest BCUT2D eigenvalue weighted by Gasteiger charge is 2.35. The molecule has 0 aliphatic carbocycles. The first-order valence-corrected chi connectivity index (χ1v) is 5.31. The Bertz CT molecular complexity index is 608. The molecular formula is C11H7F3N4O2. The van der Waals surface area contributed by atoms with E-state index in [1.54, 1.807) is 6.07 Å². The third-order valence-electron chi connectivity index (χ3n) is 2.51. The van der Waals surface area contributed by atoms with Crippen LogP contribution in [0, 0.1) is 11.3 Å². The summed E-state index contributed by atoms with van der Waals surface area (Å²) in [6, 6.07) is 3.20. The van der Waals surface area contributed by atoms with Crippen LogP contribution >= 0.6 is 0 Å². The van der Waals surface area contributed by atoms with Gasteiger partial charge in [0.15, 0.2) is 6.04 Å². The van der Waals surface area contributed by atoms with Crippen molar-refractivity contribution >= 4 is 17.6 Å². The highest BCUT2D eigenvalue weighted by molar-refractivity contribution is 6.07. The molecule has 104 valence electrons. The first-order valence-electron chi connectivity index (χ1n) is 5.31. The SMILES string of the molecule is N#CC1NN(c2cccc(C(F)(F)F)c2)C(=O)NC1=O. The van der Waals surface area contributed by atoms with Crippen LogP contribution in [0.3, 0.4) is 0 Å². The molecule has 1 fully saturated rings. The maximum Gasteiger partial charge on any atom is 0.416 e. The van der Waals surface area contributed by atoms with Crippen molar-refractivity contribution in [3.05, 3.63) is 29.8 Å². The highest BCUT2D eigenvalue weighted by Crippen LogP contribution is 2.31. The maximum atomic E-state index is 12.6. The molecule has 9 heteroatoms. The van der Waals surface area contributed by atoms with Gasteiger partial charge in [0.1, 0.15) is 0 Å². The molecule has 0 spiro atoms. The van der Waals surface area contributed by atoms with Crippen LogP contribution in [0.5, 0.6) is 0 Å². The summed E-state index contributed by atoms with van der Waals surface area (Å²) in [6.45, 7) is 0.